The van der Waals surface area contributed by atoms with E-state index in [4.69, 9.17) is 9.15 Å². The number of para-hydroxylation sites is 1. The number of rotatable bonds is 5. The van der Waals surface area contributed by atoms with Gasteiger partial charge in [-0.1, -0.05) is 18.2 Å². The Kier molecular flexibility index (Phi) is 4.92. The average Bonchev–Trinajstić information content (AvgIpc) is 3.35. The first kappa shape index (κ1) is 18.0. The Morgan fingerprint density at radius 1 is 1.32 bits per heavy atom. The topological polar surface area (TPSA) is 97.6 Å². The fourth-order valence-corrected chi connectivity index (χ4v) is 3.32. The molecule has 1 fully saturated rings. The molecule has 1 saturated heterocycles. The molecule has 28 heavy (non-hydrogen) atoms. The van der Waals surface area contributed by atoms with Crippen LogP contribution in [0.5, 0.6) is 5.75 Å². The molecular formula is C20H20N4O4. The fourth-order valence-electron chi connectivity index (χ4n) is 3.32. The third-order valence-electron chi connectivity index (χ3n) is 4.60. The number of carbonyl (C=O) groups is 2. The molecule has 3 aromatic rings. The summed E-state index contributed by atoms with van der Waals surface area (Å²) >= 11 is 0. The minimum atomic E-state index is -0.213. The number of nitrogens with one attached hydrogen (secondary N) is 1. The van der Waals surface area contributed by atoms with Crippen molar-refractivity contribution in [2.24, 2.45) is 0 Å². The van der Waals surface area contributed by atoms with Crippen LogP contribution >= 0.6 is 0 Å². The average molecular weight is 380 g/mol. The molecule has 1 atom stereocenters. The lowest BCUT2D eigenvalue weighted by atomic mass is 10.2. The van der Waals surface area contributed by atoms with E-state index in [1.165, 1.54) is 13.2 Å². The zero-order valence-corrected chi connectivity index (χ0v) is 15.4. The van der Waals surface area contributed by atoms with Crippen molar-refractivity contribution in [2.75, 3.05) is 13.1 Å². The SMILES string of the molecule is CC(=O)N[C@H]1CCN(C(=O)c2coc(COc3cccc4cccnc34)n2)C1. The Hall–Kier alpha value is -3.42. The van der Waals surface area contributed by atoms with Gasteiger partial charge in [0.15, 0.2) is 12.3 Å². The molecule has 8 heteroatoms. The van der Waals surface area contributed by atoms with Crippen molar-refractivity contribution in [1.29, 1.82) is 0 Å². The lowest BCUT2D eigenvalue weighted by Crippen LogP contribution is -2.37. The fraction of sp³-hybridized carbons (Fsp3) is 0.300. The zero-order valence-electron chi connectivity index (χ0n) is 15.4. The van der Waals surface area contributed by atoms with E-state index in [2.05, 4.69) is 15.3 Å². The van der Waals surface area contributed by atoms with E-state index in [0.717, 1.165) is 17.3 Å². The first-order valence-corrected chi connectivity index (χ1v) is 9.07. The van der Waals surface area contributed by atoms with Crippen LogP contribution in [0.2, 0.25) is 0 Å². The minimum Gasteiger partial charge on any atom is -0.482 e. The van der Waals surface area contributed by atoms with Crippen molar-refractivity contribution in [2.45, 2.75) is 26.0 Å². The molecule has 1 aromatic carbocycles. The molecule has 8 nitrogen and oxygen atoms in total. The summed E-state index contributed by atoms with van der Waals surface area (Å²) in [5.41, 5.74) is 0.993. The van der Waals surface area contributed by atoms with Crippen LogP contribution in [0.4, 0.5) is 0 Å². The van der Waals surface area contributed by atoms with Gasteiger partial charge in [0.2, 0.25) is 11.8 Å². The van der Waals surface area contributed by atoms with E-state index in [1.54, 1.807) is 11.1 Å². The second-order valence-electron chi connectivity index (χ2n) is 6.68. The maximum absolute atomic E-state index is 12.6. The van der Waals surface area contributed by atoms with E-state index in [-0.39, 0.29) is 30.2 Å². The maximum atomic E-state index is 12.6. The number of benzene rings is 1. The number of aromatic nitrogens is 2. The molecule has 0 unspecified atom stereocenters. The van der Waals surface area contributed by atoms with Crippen LogP contribution in [0, 0.1) is 0 Å². The first-order chi connectivity index (χ1) is 13.6. The summed E-state index contributed by atoms with van der Waals surface area (Å²) in [4.78, 5) is 34.0. The van der Waals surface area contributed by atoms with Crippen molar-refractivity contribution in [3.63, 3.8) is 0 Å². The van der Waals surface area contributed by atoms with Gasteiger partial charge in [-0.3, -0.25) is 14.6 Å². The third-order valence-corrected chi connectivity index (χ3v) is 4.60. The predicted molar refractivity (Wildman–Crippen MR) is 101 cm³/mol. The quantitative estimate of drug-likeness (QED) is 0.728. The van der Waals surface area contributed by atoms with Crippen molar-refractivity contribution in [3.8, 4) is 5.75 Å². The molecule has 2 aromatic heterocycles. The van der Waals surface area contributed by atoms with Crippen molar-refractivity contribution < 1.29 is 18.7 Å². The summed E-state index contributed by atoms with van der Waals surface area (Å²) in [7, 11) is 0. The number of hydrogen-bond donors (Lipinski definition) is 1. The lowest BCUT2D eigenvalue weighted by Gasteiger charge is -2.15. The van der Waals surface area contributed by atoms with E-state index in [0.29, 0.717) is 24.7 Å². The van der Waals surface area contributed by atoms with Gasteiger partial charge in [0.1, 0.15) is 17.5 Å². The molecular weight excluding hydrogens is 360 g/mol. The molecule has 0 saturated carbocycles. The third kappa shape index (κ3) is 3.80. The van der Waals surface area contributed by atoms with Crippen LogP contribution in [0.15, 0.2) is 47.2 Å². The van der Waals surface area contributed by atoms with Gasteiger partial charge in [-0.05, 0) is 18.6 Å². The van der Waals surface area contributed by atoms with Gasteiger partial charge >= 0.3 is 0 Å². The van der Waals surface area contributed by atoms with E-state index in [1.807, 2.05) is 30.3 Å². The summed E-state index contributed by atoms with van der Waals surface area (Å²) in [6.07, 6.45) is 3.78. The summed E-state index contributed by atoms with van der Waals surface area (Å²) in [6, 6.07) is 9.49. The number of ether oxygens (including phenoxy) is 1. The Morgan fingerprint density at radius 3 is 3.04 bits per heavy atom. The number of hydrogen-bond acceptors (Lipinski definition) is 6. The lowest BCUT2D eigenvalue weighted by molar-refractivity contribution is -0.119. The smallest absolute Gasteiger partial charge is 0.275 e. The molecule has 1 aliphatic heterocycles. The molecule has 1 aliphatic rings. The number of likely N-dealkylation sites (tertiary alicyclic amines) is 1. The highest BCUT2D eigenvalue weighted by atomic mass is 16.5. The van der Waals surface area contributed by atoms with Gasteiger partial charge in [-0.15, -0.1) is 0 Å². The normalized spacial score (nSPS) is 16.3. The van der Waals surface area contributed by atoms with Crippen LogP contribution in [-0.2, 0) is 11.4 Å². The Morgan fingerprint density at radius 2 is 2.18 bits per heavy atom. The highest BCUT2D eigenvalue weighted by Gasteiger charge is 2.29. The molecule has 4 rings (SSSR count). The number of oxazole rings is 1. The van der Waals surface area contributed by atoms with Crippen molar-refractivity contribution in [1.82, 2.24) is 20.2 Å². The largest absolute Gasteiger partial charge is 0.482 e. The monoisotopic (exact) mass is 380 g/mol. The zero-order chi connectivity index (χ0) is 19.5. The molecule has 0 spiro atoms. The van der Waals surface area contributed by atoms with Gasteiger partial charge < -0.3 is 19.4 Å². The van der Waals surface area contributed by atoms with Gasteiger partial charge in [-0.2, -0.15) is 0 Å². The number of fused-ring (bicyclic) bond motifs is 1. The summed E-state index contributed by atoms with van der Waals surface area (Å²) in [5.74, 6) is 0.633. The molecule has 0 aliphatic carbocycles. The van der Waals surface area contributed by atoms with Gasteiger partial charge in [-0.25, -0.2) is 4.98 Å². The van der Waals surface area contributed by atoms with E-state index < -0.39 is 0 Å². The molecule has 3 heterocycles. The van der Waals surface area contributed by atoms with Crippen LogP contribution in [0.1, 0.15) is 29.7 Å². The van der Waals surface area contributed by atoms with Crippen LogP contribution in [-0.4, -0.2) is 45.8 Å². The minimum absolute atomic E-state index is 0.0185. The maximum Gasteiger partial charge on any atom is 0.275 e. The Bertz CT molecular complexity index is 1010. The number of amides is 2. The molecule has 0 bridgehead atoms. The number of nitrogens with zero attached hydrogens (tertiary/aromatic N) is 3. The van der Waals surface area contributed by atoms with Crippen molar-refractivity contribution in [3.05, 3.63) is 54.4 Å². The second kappa shape index (κ2) is 7.67. The second-order valence-corrected chi connectivity index (χ2v) is 6.68. The molecule has 144 valence electrons. The summed E-state index contributed by atoms with van der Waals surface area (Å²) in [6.45, 7) is 2.61. The highest BCUT2D eigenvalue weighted by molar-refractivity contribution is 5.92. The highest BCUT2D eigenvalue weighted by Crippen LogP contribution is 2.24. The molecule has 2 amide bonds. The Balaban J connectivity index is 1.39. The predicted octanol–water partition coefficient (Wildman–Crippen LogP) is 2.15. The number of carbonyl (C=O) groups excluding carboxylic acids is 2. The first-order valence-electron chi connectivity index (χ1n) is 9.07. The van der Waals surface area contributed by atoms with Crippen LogP contribution in [0.25, 0.3) is 10.9 Å². The number of pyridine rings is 1. The van der Waals surface area contributed by atoms with Gasteiger partial charge in [0, 0.05) is 37.6 Å². The van der Waals surface area contributed by atoms with Crippen LogP contribution < -0.4 is 10.1 Å². The molecule has 1 N–H and O–H groups in total. The van der Waals surface area contributed by atoms with E-state index in [9.17, 15) is 9.59 Å². The Labute approximate surface area is 161 Å². The standard InChI is InChI=1S/C20H20N4O4/c1-13(25)22-15-7-9-24(10-15)20(26)16-11-28-18(23-16)12-27-17-6-2-4-14-5-3-8-21-19(14)17/h2-6,8,11,15H,7,9-10,12H2,1H3,(H,22,25)/t15-/m0/s1. The summed E-state index contributed by atoms with van der Waals surface area (Å²) < 4.78 is 11.2. The van der Waals surface area contributed by atoms with Crippen molar-refractivity contribution >= 4 is 22.7 Å². The van der Waals surface area contributed by atoms with E-state index >= 15 is 0 Å². The summed E-state index contributed by atoms with van der Waals surface area (Å²) in [5, 5.41) is 3.81. The van der Waals surface area contributed by atoms with Crippen LogP contribution in [0.3, 0.4) is 0 Å². The van der Waals surface area contributed by atoms with Gasteiger partial charge in [0.05, 0.1) is 0 Å². The molecule has 0 radical (unpaired) electrons. The van der Waals surface area contributed by atoms with Gasteiger partial charge in [0.25, 0.3) is 5.91 Å².